The summed E-state index contributed by atoms with van der Waals surface area (Å²) in [6, 6.07) is 10.1. The van der Waals surface area contributed by atoms with Gasteiger partial charge in [-0.05, 0) is 5.56 Å². The number of hydrogen-bond donors (Lipinski definition) is 0. The van der Waals surface area contributed by atoms with Crippen LogP contribution in [0.5, 0.6) is 0 Å². The van der Waals surface area contributed by atoms with Gasteiger partial charge in [-0.1, -0.05) is 30.3 Å². The van der Waals surface area contributed by atoms with E-state index >= 15 is 0 Å². The van der Waals surface area contributed by atoms with Crippen LogP contribution in [0, 0.1) is 0 Å². The Morgan fingerprint density at radius 3 is 2.88 bits per heavy atom. The maximum absolute atomic E-state index is 11.9. The van der Waals surface area contributed by atoms with Crippen molar-refractivity contribution < 1.29 is 14.3 Å². The predicted octanol–water partition coefficient (Wildman–Crippen LogP) is 0.813. The monoisotopic (exact) mass is 233 g/mol. The Labute approximate surface area is 100 Å². The molecule has 0 N–H and O–H groups in total. The first-order chi connectivity index (χ1) is 8.34. The van der Waals surface area contributed by atoms with Crippen molar-refractivity contribution >= 4 is 5.91 Å². The van der Waals surface area contributed by atoms with E-state index in [1.54, 1.807) is 0 Å². The molecule has 2 aliphatic rings. The molecule has 1 aromatic carbocycles. The molecule has 2 aliphatic heterocycles. The molecule has 2 saturated heterocycles. The van der Waals surface area contributed by atoms with E-state index in [1.165, 1.54) is 0 Å². The first-order valence-corrected chi connectivity index (χ1v) is 5.87. The van der Waals surface area contributed by atoms with Crippen LogP contribution in [0.1, 0.15) is 5.56 Å². The Bertz CT molecular complexity index is 406. The molecule has 0 radical (unpaired) electrons. The van der Waals surface area contributed by atoms with Gasteiger partial charge < -0.3 is 14.4 Å². The molecule has 1 aromatic rings. The number of morpholine rings is 1. The molecular weight excluding hydrogens is 218 g/mol. The normalized spacial score (nSPS) is 28.2. The summed E-state index contributed by atoms with van der Waals surface area (Å²) in [5, 5.41) is 0. The molecule has 3 rings (SSSR count). The highest BCUT2D eigenvalue weighted by Crippen LogP contribution is 2.23. The molecule has 17 heavy (non-hydrogen) atoms. The van der Waals surface area contributed by atoms with E-state index in [1.807, 2.05) is 35.2 Å². The summed E-state index contributed by atoms with van der Waals surface area (Å²) >= 11 is 0. The molecule has 1 amide bonds. The fraction of sp³-hybridized carbons (Fsp3) is 0.462. The molecule has 90 valence electrons. The number of fused-ring (bicyclic) bond motifs is 1. The van der Waals surface area contributed by atoms with Gasteiger partial charge in [0.25, 0.3) is 0 Å². The number of benzene rings is 1. The molecule has 0 aromatic heterocycles. The molecule has 0 saturated carbocycles. The Morgan fingerprint density at radius 2 is 2.06 bits per heavy atom. The minimum atomic E-state index is 0.0522. The summed E-state index contributed by atoms with van der Waals surface area (Å²) in [5.41, 5.74) is 1.15. The fourth-order valence-electron chi connectivity index (χ4n) is 2.40. The maximum atomic E-state index is 11.9. The van der Waals surface area contributed by atoms with Gasteiger partial charge in [-0.15, -0.1) is 0 Å². The minimum absolute atomic E-state index is 0.0522. The van der Waals surface area contributed by atoms with Crippen LogP contribution in [0.15, 0.2) is 30.3 Å². The highest BCUT2D eigenvalue weighted by molar-refractivity contribution is 5.78. The fourth-order valence-corrected chi connectivity index (χ4v) is 2.40. The van der Waals surface area contributed by atoms with E-state index in [0.29, 0.717) is 19.8 Å². The number of hydrogen-bond acceptors (Lipinski definition) is 3. The van der Waals surface area contributed by atoms with Crippen LogP contribution in [0.2, 0.25) is 0 Å². The van der Waals surface area contributed by atoms with Gasteiger partial charge in [0, 0.05) is 6.54 Å². The molecule has 2 heterocycles. The molecule has 0 bridgehead atoms. The third-order valence-electron chi connectivity index (χ3n) is 3.34. The van der Waals surface area contributed by atoms with Crippen molar-refractivity contribution in [2.45, 2.75) is 18.7 Å². The second-order valence-corrected chi connectivity index (χ2v) is 4.46. The van der Waals surface area contributed by atoms with E-state index in [-0.39, 0.29) is 24.7 Å². The average molecular weight is 233 g/mol. The standard InChI is InChI=1S/C13H15NO3/c15-13-9-17-12-8-16-7-11(12)14(13)6-10-4-2-1-3-5-10/h1-5,11-12H,6-9H2. The predicted molar refractivity (Wildman–Crippen MR) is 61.3 cm³/mol. The molecule has 2 fully saturated rings. The van der Waals surface area contributed by atoms with E-state index < -0.39 is 0 Å². The van der Waals surface area contributed by atoms with E-state index in [4.69, 9.17) is 9.47 Å². The first-order valence-electron chi connectivity index (χ1n) is 5.87. The molecule has 4 nitrogen and oxygen atoms in total. The van der Waals surface area contributed by atoms with Crippen molar-refractivity contribution in [2.24, 2.45) is 0 Å². The number of carbonyl (C=O) groups excluding carboxylic acids is 1. The minimum Gasteiger partial charge on any atom is -0.376 e. The lowest BCUT2D eigenvalue weighted by atomic mass is 10.1. The second kappa shape index (κ2) is 4.47. The lowest BCUT2D eigenvalue weighted by Crippen LogP contribution is -2.53. The summed E-state index contributed by atoms with van der Waals surface area (Å²) in [7, 11) is 0. The van der Waals surface area contributed by atoms with Crippen LogP contribution in [-0.4, -0.2) is 42.8 Å². The van der Waals surface area contributed by atoms with Gasteiger partial charge in [-0.3, -0.25) is 4.79 Å². The summed E-state index contributed by atoms with van der Waals surface area (Å²) in [4.78, 5) is 13.8. The van der Waals surface area contributed by atoms with Crippen molar-refractivity contribution in [3.8, 4) is 0 Å². The van der Waals surface area contributed by atoms with Gasteiger partial charge in [-0.25, -0.2) is 0 Å². The smallest absolute Gasteiger partial charge is 0.249 e. The van der Waals surface area contributed by atoms with Gasteiger partial charge >= 0.3 is 0 Å². The zero-order valence-corrected chi connectivity index (χ0v) is 9.54. The lowest BCUT2D eigenvalue weighted by Gasteiger charge is -2.36. The topological polar surface area (TPSA) is 38.8 Å². The number of nitrogens with zero attached hydrogens (tertiary/aromatic N) is 1. The van der Waals surface area contributed by atoms with Crippen LogP contribution in [0.4, 0.5) is 0 Å². The van der Waals surface area contributed by atoms with E-state index in [0.717, 1.165) is 5.56 Å². The molecule has 4 heteroatoms. The van der Waals surface area contributed by atoms with Crippen molar-refractivity contribution in [2.75, 3.05) is 19.8 Å². The Kier molecular flexibility index (Phi) is 2.82. The highest BCUT2D eigenvalue weighted by Gasteiger charge is 2.40. The van der Waals surface area contributed by atoms with Crippen molar-refractivity contribution in [3.63, 3.8) is 0 Å². The molecule has 2 unspecified atom stereocenters. The van der Waals surface area contributed by atoms with Crippen molar-refractivity contribution in [1.29, 1.82) is 0 Å². The van der Waals surface area contributed by atoms with Gasteiger partial charge in [0.15, 0.2) is 0 Å². The third-order valence-corrected chi connectivity index (χ3v) is 3.34. The average Bonchev–Trinajstić information content (AvgIpc) is 2.83. The van der Waals surface area contributed by atoms with Gasteiger partial charge in [0.2, 0.25) is 5.91 Å². The number of ether oxygens (including phenoxy) is 2. The lowest BCUT2D eigenvalue weighted by molar-refractivity contribution is -0.153. The van der Waals surface area contributed by atoms with Crippen molar-refractivity contribution in [3.05, 3.63) is 35.9 Å². The maximum Gasteiger partial charge on any atom is 0.249 e. The summed E-state index contributed by atoms with van der Waals surface area (Å²) in [5.74, 6) is 0.0561. The second-order valence-electron chi connectivity index (χ2n) is 4.46. The zero-order chi connectivity index (χ0) is 11.7. The zero-order valence-electron chi connectivity index (χ0n) is 9.54. The first kappa shape index (κ1) is 10.7. The SMILES string of the molecule is O=C1COC2COCC2N1Cc1ccccc1. The van der Waals surface area contributed by atoms with Gasteiger partial charge in [-0.2, -0.15) is 0 Å². The van der Waals surface area contributed by atoms with Crippen LogP contribution >= 0.6 is 0 Å². The summed E-state index contributed by atoms with van der Waals surface area (Å²) in [6.45, 7) is 2.01. The molecular formula is C13H15NO3. The van der Waals surface area contributed by atoms with Gasteiger partial charge in [0.05, 0.1) is 19.3 Å². The van der Waals surface area contributed by atoms with Crippen LogP contribution in [0.25, 0.3) is 0 Å². The molecule has 2 atom stereocenters. The number of amides is 1. The summed E-state index contributed by atoms with van der Waals surface area (Å²) in [6.07, 6.45) is 0.0522. The van der Waals surface area contributed by atoms with Crippen LogP contribution in [0.3, 0.4) is 0 Å². The third kappa shape index (κ3) is 2.06. The van der Waals surface area contributed by atoms with E-state index in [9.17, 15) is 4.79 Å². The largest absolute Gasteiger partial charge is 0.376 e. The van der Waals surface area contributed by atoms with Crippen LogP contribution < -0.4 is 0 Å². The molecule has 0 aliphatic carbocycles. The van der Waals surface area contributed by atoms with E-state index in [2.05, 4.69) is 0 Å². The summed E-state index contributed by atoms with van der Waals surface area (Å²) < 4.78 is 10.9. The Balaban J connectivity index is 1.78. The van der Waals surface area contributed by atoms with Crippen LogP contribution in [-0.2, 0) is 20.8 Å². The molecule has 0 spiro atoms. The number of rotatable bonds is 2. The Morgan fingerprint density at radius 1 is 1.24 bits per heavy atom. The quantitative estimate of drug-likeness (QED) is 0.759. The Hall–Kier alpha value is -1.39. The van der Waals surface area contributed by atoms with Crippen molar-refractivity contribution in [1.82, 2.24) is 4.90 Å². The van der Waals surface area contributed by atoms with Gasteiger partial charge in [0.1, 0.15) is 12.7 Å². The highest BCUT2D eigenvalue weighted by atomic mass is 16.6. The number of carbonyl (C=O) groups is 1.